The first kappa shape index (κ1) is 40.7. The summed E-state index contributed by atoms with van der Waals surface area (Å²) in [6, 6.07) is 3.65. The molecule has 0 radical (unpaired) electrons. The standard InChI is InChI=1S/C37H30ClF7N10O5S2/c1-52-26-22(4-3-20(38)25(26)30(50-52)51-62(2,58)59)55-32(47-31-27(33(55)57)61-34(48-31)53-11-35(12-53)13-60-14-35)21(7-15-5-16(39)8-17(40)6-15)46-23(56)10-54-29-24(28(49-54)37(43,44)45)18-9-19(18)36(29,41)42/h3-6,8,18-19,21H,7,9-14H2,1-2H3,(H,46,56)(H,50,51)/t18-,19+,21-/m0/s1. The maximum Gasteiger partial charge on any atom is 0.435 e. The first-order valence-electron chi connectivity index (χ1n) is 18.8. The lowest BCUT2D eigenvalue weighted by atomic mass is 9.78. The topological polar surface area (TPSA) is 171 Å². The number of carbonyl (C=O) groups excluding carboxylic acids is 1. The molecule has 2 aromatic carbocycles. The fourth-order valence-electron chi connectivity index (χ4n) is 8.88. The number of rotatable bonds is 10. The van der Waals surface area contributed by atoms with Gasteiger partial charge in [-0.05, 0) is 42.2 Å². The van der Waals surface area contributed by atoms with Gasteiger partial charge in [-0.25, -0.2) is 22.2 Å². The van der Waals surface area contributed by atoms with Crippen LogP contribution in [-0.2, 0) is 51.7 Å². The number of alkyl halides is 5. The fraction of sp³-hybridized carbons (Fsp3) is 0.405. The third-order valence-electron chi connectivity index (χ3n) is 11.5. The third kappa shape index (κ3) is 6.58. The van der Waals surface area contributed by atoms with Crippen LogP contribution in [0.3, 0.4) is 0 Å². The average Bonchev–Trinajstić information content (AvgIpc) is 3.36. The van der Waals surface area contributed by atoms with Crippen molar-refractivity contribution in [1.82, 2.24) is 39.4 Å². The lowest BCUT2D eigenvalue weighted by molar-refractivity contribution is -0.142. The smallest absolute Gasteiger partial charge is 0.380 e. The Morgan fingerprint density at radius 1 is 1.10 bits per heavy atom. The summed E-state index contributed by atoms with van der Waals surface area (Å²) in [6.07, 6.45) is -4.91. The molecular formula is C37H30ClF7N10O5S2. The first-order chi connectivity index (χ1) is 29.1. The summed E-state index contributed by atoms with van der Waals surface area (Å²) in [4.78, 5) is 40.4. The highest BCUT2D eigenvalue weighted by Crippen LogP contribution is 2.68. The van der Waals surface area contributed by atoms with Crippen LogP contribution in [0, 0.1) is 23.0 Å². The molecule has 1 amide bonds. The molecule has 2 saturated heterocycles. The van der Waals surface area contributed by atoms with Crippen LogP contribution in [0.15, 0.2) is 35.1 Å². The fourth-order valence-corrected chi connectivity index (χ4v) is 10.6. The molecule has 2 N–H and O–H groups in total. The van der Waals surface area contributed by atoms with Crippen molar-refractivity contribution in [3.63, 3.8) is 0 Å². The second-order valence-electron chi connectivity index (χ2n) is 16.2. The van der Waals surface area contributed by atoms with Crippen molar-refractivity contribution in [2.24, 2.45) is 18.4 Å². The summed E-state index contributed by atoms with van der Waals surface area (Å²) in [5.41, 5.74) is -4.14. The molecule has 25 heteroatoms. The molecule has 1 spiro atoms. The molecule has 10 rings (SSSR count). The lowest BCUT2D eigenvalue weighted by Gasteiger charge is -2.54. The minimum atomic E-state index is -5.11. The zero-order valence-corrected chi connectivity index (χ0v) is 34.4. The maximum atomic E-state index is 15.5. The van der Waals surface area contributed by atoms with Crippen molar-refractivity contribution >= 4 is 71.1 Å². The Kier molecular flexibility index (Phi) is 8.92. The number of nitrogens with one attached hydrogen (secondary N) is 2. The van der Waals surface area contributed by atoms with Crippen molar-refractivity contribution in [1.29, 1.82) is 0 Å². The van der Waals surface area contributed by atoms with Gasteiger partial charge in [0.15, 0.2) is 22.3 Å². The van der Waals surface area contributed by atoms with Crippen LogP contribution in [0.5, 0.6) is 0 Å². The quantitative estimate of drug-likeness (QED) is 0.170. The summed E-state index contributed by atoms with van der Waals surface area (Å²) < 4.78 is 138. The van der Waals surface area contributed by atoms with E-state index in [-0.39, 0.29) is 61.0 Å². The highest BCUT2D eigenvalue weighted by molar-refractivity contribution is 7.92. The summed E-state index contributed by atoms with van der Waals surface area (Å²) in [7, 11) is -2.49. The number of halogens is 8. The van der Waals surface area contributed by atoms with Gasteiger partial charge in [0.2, 0.25) is 15.9 Å². The molecule has 326 valence electrons. The number of hydrogen-bond acceptors (Lipinski definition) is 11. The van der Waals surface area contributed by atoms with E-state index in [1.807, 2.05) is 4.90 Å². The Morgan fingerprint density at radius 2 is 1.81 bits per heavy atom. The van der Waals surface area contributed by atoms with Gasteiger partial charge in [-0.2, -0.15) is 37.1 Å². The number of amides is 1. The van der Waals surface area contributed by atoms with Crippen LogP contribution in [0.4, 0.5) is 41.7 Å². The van der Waals surface area contributed by atoms with Crippen LogP contribution in [0.1, 0.15) is 46.7 Å². The molecule has 2 aliphatic carbocycles. The van der Waals surface area contributed by atoms with E-state index >= 15 is 8.78 Å². The molecule has 0 unspecified atom stereocenters. The number of hydrogen-bond donors (Lipinski definition) is 2. The number of nitrogens with zero attached hydrogens (tertiary/aromatic N) is 8. The Hall–Kier alpha value is -5.33. The Bertz CT molecular complexity index is 3060. The molecule has 4 aliphatic rings. The van der Waals surface area contributed by atoms with Crippen LogP contribution in [0.25, 0.3) is 26.9 Å². The van der Waals surface area contributed by atoms with Gasteiger partial charge in [-0.1, -0.05) is 22.9 Å². The zero-order chi connectivity index (χ0) is 44.0. The highest BCUT2D eigenvalue weighted by Gasteiger charge is 2.68. The third-order valence-corrected chi connectivity index (χ3v) is 13.5. The van der Waals surface area contributed by atoms with E-state index in [1.165, 1.54) is 23.9 Å². The summed E-state index contributed by atoms with van der Waals surface area (Å²) in [5.74, 6) is -9.89. The van der Waals surface area contributed by atoms with Gasteiger partial charge in [0.25, 0.3) is 11.5 Å². The number of sulfonamides is 1. The van der Waals surface area contributed by atoms with Crippen LogP contribution >= 0.6 is 22.9 Å². The van der Waals surface area contributed by atoms with Gasteiger partial charge in [0, 0.05) is 44.1 Å². The van der Waals surface area contributed by atoms with E-state index in [1.54, 1.807) is 0 Å². The molecule has 1 saturated carbocycles. The predicted molar refractivity (Wildman–Crippen MR) is 209 cm³/mol. The lowest BCUT2D eigenvalue weighted by Crippen LogP contribution is -2.66. The van der Waals surface area contributed by atoms with E-state index in [2.05, 4.69) is 25.2 Å². The van der Waals surface area contributed by atoms with E-state index < -0.39 is 93.0 Å². The molecule has 6 heterocycles. The summed E-state index contributed by atoms with van der Waals surface area (Å²) in [6.45, 7) is 1.11. The second kappa shape index (κ2) is 13.6. The minimum Gasteiger partial charge on any atom is -0.380 e. The Balaban J connectivity index is 1.14. The molecule has 2 aliphatic heterocycles. The molecular weight excluding hydrogens is 897 g/mol. The van der Waals surface area contributed by atoms with Gasteiger partial charge in [0.1, 0.15) is 34.4 Å². The molecule has 15 nitrogen and oxygen atoms in total. The summed E-state index contributed by atoms with van der Waals surface area (Å²) in [5, 5.41) is 10.8. The zero-order valence-electron chi connectivity index (χ0n) is 32.0. The Morgan fingerprint density at radius 3 is 2.45 bits per heavy atom. The van der Waals surface area contributed by atoms with Gasteiger partial charge in [-0.15, -0.1) is 0 Å². The largest absolute Gasteiger partial charge is 0.435 e. The summed E-state index contributed by atoms with van der Waals surface area (Å²) >= 11 is 7.63. The van der Waals surface area contributed by atoms with Crippen molar-refractivity contribution in [3.05, 3.63) is 85.7 Å². The van der Waals surface area contributed by atoms with Crippen molar-refractivity contribution < 1.29 is 48.7 Å². The minimum absolute atomic E-state index is 0.0110. The molecule has 0 bridgehead atoms. The molecule has 3 atom stereocenters. The van der Waals surface area contributed by atoms with Crippen LogP contribution in [0.2, 0.25) is 5.02 Å². The monoisotopic (exact) mass is 926 g/mol. The molecule has 62 heavy (non-hydrogen) atoms. The van der Waals surface area contributed by atoms with Gasteiger partial charge in [-0.3, -0.25) is 28.2 Å². The van der Waals surface area contributed by atoms with Crippen LogP contribution in [-0.4, -0.2) is 81.0 Å². The number of carbonyl (C=O) groups is 1. The van der Waals surface area contributed by atoms with Gasteiger partial charge < -0.3 is 15.0 Å². The first-order valence-corrected chi connectivity index (χ1v) is 21.9. The highest BCUT2D eigenvalue weighted by atomic mass is 35.5. The second-order valence-corrected chi connectivity index (χ2v) is 19.3. The molecule has 6 aromatic rings. The number of fused-ring (bicyclic) bond motifs is 5. The van der Waals surface area contributed by atoms with E-state index in [0.29, 0.717) is 42.2 Å². The van der Waals surface area contributed by atoms with Crippen molar-refractivity contribution in [3.8, 4) is 5.69 Å². The number of anilines is 2. The van der Waals surface area contributed by atoms with E-state index in [4.69, 9.17) is 21.3 Å². The van der Waals surface area contributed by atoms with Gasteiger partial charge >= 0.3 is 6.18 Å². The maximum absolute atomic E-state index is 15.5. The number of thiazole rings is 1. The van der Waals surface area contributed by atoms with Gasteiger partial charge in [0.05, 0.1) is 52.5 Å². The van der Waals surface area contributed by atoms with Crippen molar-refractivity contribution in [2.75, 3.05) is 42.2 Å². The number of aryl methyl sites for hydroxylation is 1. The number of benzene rings is 2. The Labute approximate surface area is 353 Å². The van der Waals surface area contributed by atoms with Crippen molar-refractivity contribution in [2.45, 2.75) is 43.4 Å². The van der Waals surface area contributed by atoms with Crippen LogP contribution < -0.4 is 20.5 Å². The normalized spacial score (nSPS) is 20.3. The number of aromatic nitrogens is 7. The molecule has 3 fully saturated rings. The van der Waals surface area contributed by atoms with E-state index in [9.17, 15) is 40.0 Å². The predicted octanol–water partition coefficient (Wildman–Crippen LogP) is 5.39. The average molecular weight is 927 g/mol. The SMILES string of the molecule is Cn1nc(NS(C)(=O)=O)c2c(Cl)ccc(-n3c([C@H](Cc4cc(F)cc(F)c4)NC(=O)Cn4nc(C(F)(F)F)c5c4C(F)(F)[C@@H]4C[C@H]54)nc4nc(N5CC6(COC6)C5)sc4c3=O)c21. The van der Waals surface area contributed by atoms with E-state index in [0.717, 1.165) is 34.3 Å². The number of ether oxygens (including phenoxy) is 1. The molecule has 4 aromatic heterocycles.